The van der Waals surface area contributed by atoms with Crippen molar-refractivity contribution in [3.8, 4) is 0 Å². The van der Waals surface area contributed by atoms with Crippen LogP contribution in [-0.4, -0.2) is 11.3 Å². The molecule has 0 aliphatic carbocycles. The molecule has 1 N–H and O–H groups in total. The molecule has 94 valence electrons. The topological polar surface area (TPSA) is 46.5 Å². The Kier molecular flexibility index (Phi) is 9.87. The second-order valence-corrected chi connectivity index (χ2v) is 4.09. The van der Waals surface area contributed by atoms with Gasteiger partial charge in [-0.2, -0.15) is 0 Å². The van der Waals surface area contributed by atoms with Crippen LogP contribution in [0.25, 0.3) is 0 Å². The lowest BCUT2D eigenvalue weighted by Gasteiger charge is -2.00. The zero-order valence-electron chi connectivity index (χ0n) is 10.5. The Bertz CT molecular complexity index is 209. The summed E-state index contributed by atoms with van der Waals surface area (Å²) >= 11 is 0. The maximum atomic E-state index is 10.2. The van der Waals surface area contributed by atoms with E-state index in [-0.39, 0.29) is 0 Å². The van der Waals surface area contributed by atoms with Gasteiger partial charge in [0.1, 0.15) is 5.76 Å². The summed E-state index contributed by atoms with van der Waals surface area (Å²) in [5.41, 5.74) is 0. The normalized spacial score (nSPS) is 11.5. The third kappa shape index (κ3) is 11.1. The summed E-state index contributed by atoms with van der Waals surface area (Å²) in [4.78, 5) is 10.2. The van der Waals surface area contributed by atoms with Crippen molar-refractivity contribution >= 4 is 6.16 Å². The average Bonchev–Trinajstić information content (AvgIpc) is 2.21. The van der Waals surface area contributed by atoms with Crippen molar-refractivity contribution < 1.29 is 14.6 Å². The lowest BCUT2D eigenvalue weighted by molar-refractivity contribution is 0.119. The van der Waals surface area contributed by atoms with Gasteiger partial charge in [0.05, 0.1) is 0 Å². The van der Waals surface area contributed by atoms with Gasteiger partial charge in [0.2, 0.25) is 0 Å². The van der Waals surface area contributed by atoms with Crippen LogP contribution in [0.1, 0.15) is 65.2 Å². The largest absolute Gasteiger partial charge is 0.510 e. The summed E-state index contributed by atoms with van der Waals surface area (Å²) in [5, 5.41) is 8.34. The summed E-state index contributed by atoms with van der Waals surface area (Å²) in [6, 6.07) is 0. The molecular formula is C13H24O3. The van der Waals surface area contributed by atoms with E-state index in [0.717, 1.165) is 12.8 Å². The predicted molar refractivity (Wildman–Crippen MR) is 65.5 cm³/mol. The molecule has 0 aromatic heterocycles. The van der Waals surface area contributed by atoms with E-state index in [1.54, 1.807) is 6.92 Å². The van der Waals surface area contributed by atoms with Crippen molar-refractivity contribution in [2.45, 2.75) is 65.2 Å². The molecule has 0 amide bonds. The minimum Gasteiger partial charge on any atom is -0.449 e. The van der Waals surface area contributed by atoms with E-state index in [1.807, 2.05) is 6.08 Å². The van der Waals surface area contributed by atoms with E-state index in [9.17, 15) is 4.79 Å². The molecule has 0 aliphatic heterocycles. The Morgan fingerprint density at radius 1 is 1.12 bits per heavy atom. The van der Waals surface area contributed by atoms with Crippen molar-refractivity contribution in [2.24, 2.45) is 0 Å². The molecule has 0 rings (SSSR count). The number of hydrogen-bond donors (Lipinski definition) is 1. The Morgan fingerprint density at radius 2 is 1.69 bits per heavy atom. The van der Waals surface area contributed by atoms with Gasteiger partial charge in [0.15, 0.2) is 0 Å². The summed E-state index contributed by atoms with van der Waals surface area (Å²) in [6.07, 6.45) is 10.4. The third-order valence-electron chi connectivity index (χ3n) is 2.49. The van der Waals surface area contributed by atoms with Crippen molar-refractivity contribution in [1.29, 1.82) is 0 Å². The van der Waals surface area contributed by atoms with E-state index in [1.165, 1.54) is 38.5 Å². The Hall–Kier alpha value is -0.990. The van der Waals surface area contributed by atoms with Crippen LogP contribution in [-0.2, 0) is 4.74 Å². The highest BCUT2D eigenvalue weighted by molar-refractivity contribution is 5.58. The van der Waals surface area contributed by atoms with Gasteiger partial charge in [-0.3, -0.25) is 0 Å². The number of carbonyl (C=O) groups is 1. The maximum Gasteiger partial charge on any atom is 0.510 e. The molecular weight excluding hydrogens is 204 g/mol. The van der Waals surface area contributed by atoms with Gasteiger partial charge in [0.25, 0.3) is 0 Å². The molecule has 0 aliphatic rings. The Morgan fingerprint density at radius 3 is 2.25 bits per heavy atom. The molecule has 0 heterocycles. The molecule has 3 heteroatoms. The molecule has 0 radical (unpaired) electrons. The lowest BCUT2D eigenvalue weighted by Crippen LogP contribution is -1.97. The molecule has 0 atom stereocenters. The van der Waals surface area contributed by atoms with Crippen molar-refractivity contribution in [1.82, 2.24) is 0 Å². The molecule has 16 heavy (non-hydrogen) atoms. The van der Waals surface area contributed by atoms with Crippen molar-refractivity contribution in [3.05, 3.63) is 11.8 Å². The van der Waals surface area contributed by atoms with E-state index in [4.69, 9.17) is 5.11 Å². The molecule has 0 saturated carbocycles. The molecule has 0 saturated heterocycles. The minimum atomic E-state index is -1.23. The van der Waals surface area contributed by atoms with E-state index in [2.05, 4.69) is 11.7 Å². The van der Waals surface area contributed by atoms with Gasteiger partial charge in [0, 0.05) is 0 Å². The number of hydrogen-bond acceptors (Lipinski definition) is 2. The Balaban J connectivity index is 3.28. The standard InChI is InChI=1S/C13H24O3/c1-3-4-5-6-7-8-9-10-11-12(2)16-13(14)15/h11H,3-10H2,1-2H3,(H,14,15). The van der Waals surface area contributed by atoms with Gasteiger partial charge in [-0.1, -0.05) is 45.4 Å². The van der Waals surface area contributed by atoms with Crippen LogP contribution in [0.4, 0.5) is 4.79 Å². The van der Waals surface area contributed by atoms with Gasteiger partial charge in [-0.05, 0) is 25.8 Å². The van der Waals surface area contributed by atoms with E-state index >= 15 is 0 Å². The van der Waals surface area contributed by atoms with Crippen LogP contribution in [0.2, 0.25) is 0 Å². The first kappa shape index (κ1) is 15.0. The SMILES string of the molecule is CCCCCCCCCC=C(C)OC(=O)O. The first-order valence-corrected chi connectivity index (χ1v) is 6.24. The molecule has 0 bridgehead atoms. The van der Waals surface area contributed by atoms with Gasteiger partial charge < -0.3 is 9.84 Å². The highest BCUT2D eigenvalue weighted by Gasteiger charge is 1.97. The summed E-state index contributed by atoms with van der Waals surface area (Å²) in [5.74, 6) is 0.485. The summed E-state index contributed by atoms with van der Waals surface area (Å²) < 4.78 is 4.49. The lowest BCUT2D eigenvalue weighted by atomic mass is 10.1. The van der Waals surface area contributed by atoms with Crippen LogP contribution in [0, 0.1) is 0 Å². The van der Waals surface area contributed by atoms with Gasteiger partial charge in [-0.25, -0.2) is 4.79 Å². The fourth-order valence-electron chi connectivity index (χ4n) is 1.59. The first-order valence-electron chi connectivity index (χ1n) is 6.24. The average molecular weight is 228 g/mol. The fraction of sp³-hybridized carbons (Fsp3) is 0.769. The minimum absolute atomic E-state index is 0.485. The molecule has 3 nitrogen and oxygen atoms in total. The zero-order chi connectivity index (χ0) is 12.2. The van der Waals surface area contributed by atoms with Crippen LogP contribution in [0.15, 0.2) is 11.8 Å². The number of carboxylic acid groups (broad SMARTS) is 1. The quantitative estimate of drug-likeness (QED) is 0.352. The smallest absolute Gasteiger partial charge is 0.449 e. The molecule has 0 spiro atoms. The van der Waals surface area contributed by atoms with E-state index in [0.29, 0.717) is 5.76 Å². The van der Waals surface area contributed by atoms with Crippen molar-refractivity contribution in [3.63, 3.8) is 0 Å². The molecule has 0 aromatic rings. The number of rotatable bonds is 9. The molecule has 0 unspecified atom stereocenters. The maximum absolute atomic E-state index is 10.2. The van der Waals surface area contributed by atoms with Crippen LogP contribution in [0.5, 0.6) is 0 Å². The van der Waals surface area contributed by atoms with Crippen LogP contribution in [0.3, 0.4) is 0 Å². The van der Waals surface area contributed by atoms with Crippen LogP contribution < -0.4 is 0 Å². The van der Waals surface area contributed by atoms with E-state index < -0.39 is 6.16 Å². The second-order valence-electron chi connectivity index (χ2n) is 4.09. The van der Waals surface area contributed by atoms with Gasteiger partial charge in [-0.15, -0.1) is 0 Å². The highest BCUT2D eigenvalue weighted by atomic mass is 16.7. The number of ether oxygens (including phenoxy) is 1. The zero-order valence-corrected chi connectivity index (χ0v) is 10.5. The predicted octanol–water partition coefficient (Wildman–Crippen LogP) is 4.73. The Labute approximate surface area is 98.5 Å². The third-order valence-corrected chi connectivity index (χ3v) is 2.49. The fourth-order valence-corrected chi connectivity index (χ4v) is 1.59. The summed E-state index contributed by atoms with van der Waals surface area (Å²) in [7, 11) is 0. The monoisotopic (exact) mass is 228 g/mol. The number of unbranched alkanes of at least 4 members (excludes halogenated alkanes) is 7. The molecule has 0 fully saturated rings. The summed E-state index contributed by atoms with van der Waals surface area (Å²) in [6.45, 7) is 3.89. The molecule has 0 aromatic carbocycles. The van der Waals surface area contributed by atoms with Crippen molar-refractivity contribution in [2.75, 3.05) is 0 Å². The van der Waals surface area contributed by atoms with Crippen LogP contribution >= 0.6 is 0 Å². The van der Waals surface area contributed by atoms with Gasteiger partial charge >= 0.3 is 6.16 Å². The highest BCUT2D eigenvalue weighted by Crippen LogP contribution is 2.09. The number of allylic oxidation sites excluding steroid dienone is 2. The second kappa shape index (κ2) is 10.5. The first-order chi connectivity index (χ1) is 7.66.